The molecule has 6 heteroatoms. The normalized spacial score (nSPS) is 10.8. The Morgan fingerprint density at radius 2 is 2.05 bits per heavy atom. The number of hydrogen-bond donors (Lipinski definition) is 2. The maximum Gasteiger partial charge on any atom is 0.224 e. The van der Waals surface area contributed by atoms with Gasteiger partial charge in [-0.1, -0.05) is 11.6 Å². The molecule has 2 aromatic rings. The highest BCUT2D eigenvalue weighted by Gasteiger charge is 2.03. The smallest absolute Gasteiger partial charge is 0.224 e. The lowest BCUT2D eigenvalue weighted by atomic mass is 10.2. The maximum absolute atomic E-state index is 5.97. The molecule has 0 aliphatic carbocycles. The molecule has 2 N–H and O–H groups in total. The third-order valence-electron chi connectivity index (χ3n) is 3.17. The summed E-state index contributed by atoms with van der Waals surface area (Å²) >= 11 is 5.97. The second-order valence-electron chi connectivity index (χ2n) is 5.43. The van der Waals surface area contributed by atoms with Gasteiger partial charge in [0.1, 0.15) is 5.82 Å². The average molecular weight is 320 g/mol. The van der Waals surface area contributed by atoms with Gasteiger partial charge in [0.25, 0.3) is 0 Å². The number of halogens is 1. The van der Waals surface area contributed by atoms with Gasteiger partial charge in [0, 0.05) is 23.5 Å². The summed E-state index contributed by atoms with van der Waals surface area (Å²) in [5, 5.41) is 7.26. The zero-order valence-electron chi connectivity index (χ0n) is 13.2. The molecule has 0 aliphatic rings. The van der Waals surface area contributed by atoms with Crippen molar-refractivity contribution in [1.29, 1.82) is 0 Å². The number of nitrogens with one attached hydrogen (secondary N) is 2. The van der Waals surface area contributed by atoms with Crippen LogP contribution in [0, 0.1) is 6.92 Å². The van der Waals surface area contributed by atoms with Crippen molar-refractivity contribution in [3.63, 3.8) is 0 Å². The third kappa shape index (κ3) is 5.16. The predicted octanol–water partition coefficient (Wildman–Crippen LogP) is 3.55. The van der Waals surface area contributed by atoms with Crippen molar-refractivity contribution in [2.24, 2.45) is 0 Å². The molecule has 0 amide bonds. The fraction of sp³-hybridized carbons (Fsp3) is 0.375. The molecule has 0 spiro atoms. The molecule has 0 unspecified atom stereocenters. The van der Waals surface area contributed by atoms with E-state index >= 15 is 0 Å². The van der Waals surface area contributed by atoms with Gasteiger partial charge in [0.05, 0.1) is 0 Å². The van der Waals surface area contributed by atoms with E-state index in [1.807, 2.05) is 31.2 Å². The summed E-state index contributed by atoms with van der Waals surface area (Å²) in [6, 6.07) is 7.58. The molecule has 0 radical (unpaired) electrons. The Bertz CT molecular complexity index is 615. The van der Waals surface area contributed by atoms with E-state index in [1.54, 1.807) is 6.20 Å². The minimum Gasteiger partial charge on any atom is -0.354 e. The van der Waals surface area contributed by atoms with Crippen molar-refractivity contribution in [1.82, 2.24) is 14.9 Å². The Hall–Kier alpha value is -1.85. The first-order valence-corrected chi connectivity index (χ1v) is 7.67. The van der Waals surface area contributed by atoms with Gasteiger partial charge in [-0.2, -0.15) is 4.98 Å². The van der Waals surface area contributed by atoms with E-state index in [-0.39, 0.29) is 0 Å². The zero-order valence-corrected chi connectivity index (χ0v) is 14.0. The molecule has 0 atom stereocenters. The summed E-state index contributed by atoms with van der Waals surface area (Å²) in [7, 11) is 4.13. The van der Waals surface area contributed by atoms with Crippen LogP contribution in [0.25, 0.3) is 0 Å². The Kier molecular flexibility index (Phi) is 5.98. The first kappa shape index (κ1) is 16.5. The first-order chi connectivity index (χ1) is 10.5. The SMILES string of the molecule is Cc1cc(Cl)ccc1Nc1ccnc(NCCCN(C)C)n1. The lowest BCUT2D eigenvalue weighted by Gasteiger charge is -2.11. The molecule has 2 rings (SSSR count). The topological polar surface area (TPSA) is 53.1 Å². The second kappa shape index (κ2) is 7.96. The van der Waals surface area contributed by atoms with Gasteiger partial charge < -0.3 is 15.5 Å². The number of anilines is 3. The van der Waals surface area contributed by atoms with Gasteiger partial charge in [-0.15, -0.1) is 0 Å². The molecule has 0 saturated carbocycles. The molecule has 1 aromatic heterocycles. The number of benzene rings is 1. The second-order valence-corrected chi connectivity index (χ2v) is 5.87. The average Bonchev–Trinajstić information content (AvgIpc) is 2.47. The largest absolute Gasteiger partial charge is 0.354 e. The van der Waals surface area contributed by atoms with Crippen LogP contribution in [-0.4, -0.2) is 42.1 Å². The van der Waals surface area contributed by atoms with E-state index in [9.17, 15) is 0 Å². The van der Waals surface area contributed by atoms with E-state index in [0.29, 0.717) is 5.95 Å². The van der Waals surface area contributed by atoms with E-state index in [4.69, 9.17) is 11.6 Å². The summed E-state index contributed by atoms with van der Waals surface area (Å²) in [6.07, 6.45) is 2.79. The van der Waals surface area contributed by atoms with Crippen molar-refractivity contribution in [2.75, 3.05) is 37.8 Å². The molecule has 1 aromatic carbocycles. The minimum absolute atomic E-state index is 0.635. The molecule has 0 aliphatic heterocycles. The predicted molar refractivity (Wildman–Crippen MR) is 93.2 cm³/mol. The molecule has 118 valence electrons. The number of aryl methyl sites for hydroxylation is 1. The fourth-order valence-electron chi connectivity index (χ4n) is 2.01. The highest BCUT2D eigenvalue weighted by molar-refractivity contribution is 6.30. The van der Waals surface area contributed by atoms with E-state index in [1.165, 1.54) is 0 Å². The number of nitrogens with zero attached hydrogens (tertiary/aromatic N) is 3. The Labute approximate surface area is 136 Å². The Morgan fingerprint density at radius 1 is 1.23 bits per heavy atom. The highest BCUT2D eigenvalue weighted by Crippen LogP contribution is 2.22. The molecular formula is C16H22ClN5. The zero-order chi connectivity index (χ0) is 15.9. The number of rotatable bonds is 7. The molecule has 1 heterocycles. The van der Waals surface area contributed by atoms with E-state index < -0.39 is 0 Å². The lowest BCUT2D eigenvalue weighted by Crippen LogP contribution is -2.17. The molecule has 0 saturated heterocycles. The van der Waals surface area contributed by atoms with Crippen LogP contribution in [0.2, 0.25) is 5.02 Å². The summed E-state index contributed by atoms with van der Waals surface area (Å²) in [4.78, 5) is 10.9. The Morgan fingerprint density at radius 3 is 2.77 bits per heavy atom. The first-order valence-electron chi connectivity index (χ1n) is 7.29. The van der Waals surface area contributed by atoms with Gasteiger partial charge in [0.15, 0.2) is 0 Å². The van der Waals surface area contributed by atoms with Crippen molar-refractivity contribution >= 4 is 29.1 Å². The third-order valence-corrected chi connectivity index (χ3v) is 3.41. The van der Waals surface area contributed by atoms with Gasteiger partial charge >= 0.3 is 0 Å². The van der Waals surface area contributed by atoms with Crippen molar-refractivity contribution in [3.05, 3.63) is 41.0 Å². The van der Waals surface area contributed by atoms with E-state index in [2.05, 4.69) is 39.6 Å². The summed E-state index contributed by atoms with van der Waals surface area (Å²) < 4.78 is 0. The van der Waals surface area contributed by atoms with Crippen LogP contribution in [0.4, 0.5) is 17.5 Å². The maximum atomic E-state index is 5.97. The molecule has 5 nitrogen and oxygen atoms in total. The van der Waals surface area contributed by atoms with Crippen molar-refractivity contribution in [2.45, 2.75) is 13.3 Å². The van der Waals surface area contributed by atoms with Crippen LogP contribution >= 0.6 is 11.6 Å². The summed E-state index contributed by atoms with van der Waals surface area (Å²) in [5.74, 6) is 1.39. The molecule has 0 fully saturated rings. The van der Waals surface area contributed by atoms with Crippen LogP contribution in [0.1, 0.15) is 12.0 Å². The standard InChI is InChI=1S/C16H22ClN5/c1-12-11-13(17)5-6-14(12)20-15-7-9-19-16(21-15)18-8-4-10-22(2)3/h5-7,9,11H,4,8,10H2,1-3H3,(H2,18,19,20,21). The van der Waals surface area contributed by atoms with Crippen LogP contribution in [-0.2, 0) is 0 Å². The van der Waals surface area contributed by atoms with Crippen LogP contribution < -0.4 is 10.6 Å². The fourth-order valence-corrected chi connectivity index (χ4v) is 2.24. The summed E-state index contributed by atoms with van der Waals surface area (Å²) in [5.41, 5.74) is 2.06. The number of hydrogen-bond acceptors (Lipinski definition) is 5. The lowest BCUT2D eigenvalue weighted by molar-refractivity contribution is 0.405. The van der Waals surface area contributed by atoms with Gasteiger partial charge in [-0.05, 0) is 63.8 Å². The van der Waals surface area contributed by atoms with E-state index in [0.717, 1.165) is 41.6 Å². The molecule has 0 bridgehead atoms. The monoisotopic (exact) mass is 319 g/mol. The minimum atomic E-state index is 0.635. The van der Waals surface area contributed by atoms with Crippen molar-refractivity contribution in [3.8, 4) is 0 Å². The van der Waals surface area contributed by atoms with Gasteiger partial charge in [-0.3, -0.25) is 0 Å². The van der Waals surface area contributed by atoms with Crippen LogP contribution in [0.15, 0.2) is 30.5 Å². The van der Waals surface area contributed by atoms with Gasteiger partial charge in [-0.25, -0.2) is 4.98 Å². The highest BCUT2D eigenvalue weighted by atomic mass is 35.5. The Balaban J connectivity index is 1.96. The van der Waals surface area contributed by atoms with Crippen molar-refractivity contribution < 1.29 is 0 Å². The quantitative estimate of drug-likeness (QED) is 0.764. The molecular weight excluding hydrogens is 298 g/mol. The molecule has 22 heavy (non-hydrogen) atoms. The van der Waals surface area contributed by atoms with Crippen LogP contribution in [0.5, 0.6) is 0 Å². The van der Waals surface area contributed by atoms with Crippen LogP contribution in [0.3, 0.4) is 0 Å². The number of aromatic nitrogens is 2. The van der Waals surface area contributed by atoms with Gasteiger partial charge in [0.2, 0.25) is 5.95 Å². The summed E-state index contributed by atoms with van der Waals surface area (Å²) in [6.45, 7) is 3.90.